The van der Waals surface area contributed by atoms with E-state index in [1.54, 1.807) is 6.07 Å². The predicted molar refractivity (Wildman–Crippen MR) is 87.1 cm³/mol. The van der Waals surface area contributed by atoms with E-state index >= 15 is 0 Å². The molecule has 4 aliphatic carbocycles. The van der Waals surface area contributed by atoms with Gasteiger partial charge in [0, 0.05) is 6.07 Å². The van der Waals surface area contributed by atoms with Gasteiger partial charge in [-0.1, -0.05) is 0 Å². The van der Waals surface area contributed by atoms with Crippen LogP contribution in [0.15, 0.2) is 22.7 Å². The number of halogens is 1. The molecule has 0 heterocycles. The number of nitro groups is 1. The van der Waals surface area contributed by atoms with Crippen molar-refractivity contribution in [3.63, 3.8) is 0 Å². The van der Waals surface area contributed by atoms with Crippen molar-refractivity contribution >= 4 is 27.6 Å². The molecule has 1 aromatic carbocycles. The molecule has 0 atom stereocenters. The number of hydrogen-bond acceptors (Lipinski definition) is 4. The summed E-state index contributed by atoms with van der Waals surface area (Å²) >= 11 is 3.14. The zero-order valence-electron chi connectivity index (χ0n) is 12.7. The molecule has 1 aromatic rings. The molecule has 23 heavy (non-hydrogen) atoms. The lowest BCUT2D eigenvalue weighted by atomic mass is 9.54. The Balaban J connectivity index is 1.56. The number of ether oxygens (including phenoxy) is 1. The highest BCUT2D eigenvalue weighted by molar-refractivity contribution is 9.10. The number of nitrogens with zero attached hydrogens (tertiary/aromatic N) is 1. The van der Waals surface area contributed by atoms with E-state index in [1.165, 1.54) is 31.4 Å². The fraction of sp³-hybridized carbons (Fsp3) is 0.588. The van der Waals surface area contributed by atoms with Gasteiger partial charge in [-0.25, -0.2) is 4.79 Å². The maximum atomic E-state index is 12.6. The van der Waals surface area contributed by atoms with Crippen LogP contribution in [0.25, 0.3) is 0 Å². The summed E-state index contributed by atoms with van der Waals surface area (Å²) in [5, 5.41) is 11.0. The van der Waals surface area contributed by atoms with Gasteiger partial charge in [-0.3, -0.25) is 10.1 Å². The van der Waals surface area contributed by atoms with E-state index in [1.807, 2.05) is 0 Å². The predicted octanol–water partition coefficient (Wildman–Crippen LogP) is 4.48. The van der Waals surface area contributed by atoms with Crippen LogP contribution in [0.2, 0.25) is 0 Å². The summed E-state index contributed by atoms with van der Waals surface area (Å²) in [6.45, 7) is 0. The summed E-state index contributed by atoms with van der Waals surface area (Å²) in [6, 6.07) is 4.42. The summed E-state index contributed by atoms with van der Waals surface area (Å²) in [4.78, 5) is 23.1. The number of hydrogen-bond donors (Lipinski definition) is 0. The molecule has 0 radical (unpaired) electrons. The molecular weight excluding hydrogens is 362 g/mol. The molecule has 0 aliphatic heterocycles. The largest absolute Gasteiger partial charge is 0.455 e. The van der Waals surface area contributed by atoms with E-state index in [-0.39, 0.29) is 16.9 Å². The minimum atomic E-state index is -0.494. The van der Waals surface area contributed by atoms with Gasteiger partial charge in [-0.05, 0) is 84.3 Å². The highest BCUT2D eigenvalue weighted by Gasteiger charge is 2.53. The molecule has 6 heteroatoms. The molecule has 0 amide bonds. The Labute approximate surface area is 142 Å². The van der Waals surface area contributed by atoms with Crippen LogP contribution in [0.5, 0.6) is 0 Å². The first-order valence-electron chi connectivity index (χ1n) is 8.11. The molecule has 122 valence electrons. The Morgan fingerprint density at radius 1 is 1.17 bits per heavy atom. The van der Waals surface area contributed by atoms with Gasteiger partial charge in [0.25, 0.3) is 5.69 Å². The van der Waals surface area contributed by atoms with Gasteiger partial charge in [0.05, 0.1) is 15.0 Å². The molecule has 4 aliphatic rings. The van der Waals surface area contributed by atoms with Crippen LogP contribution in [-0.2, 0) is 4.74 Å². The van der Waals surface area contributed by atoms with Crippen molar-refractivity contribution in [2.45, 2.75) is 44.1 Å². The molecular formula is C17H18BrNO4. The van der Waals surface area contributed by atoms with E-state index in [0.717, 1.165) is 19.3 Å². The minimum absolute atomic E-state index is 0.107. The second kappa shape index (κ2) is 5.30. The third-order valence-corrected chi connectivity index (χ3v) is 6.34. The van der Waals surface area contributed by atoms with Crippen LogP contribution in [0.4, 0.5) is 5.69 Å². The van der Waals surface area contributed by atoms with Crippen LogP contribution >= 0.6 is 15.9 Å². The number of esters is 1. The van der Waals surface area contributed by atoms with Crippen molar-refractivity contribution in [1.82, 2.24) is 0 Å². The van der Waals surface area contributed by atoms with E-state index in [4.69, 9.17) is 4.74 Å². The zero-order chi connectivity index (χ0) is 16.2. The van der Waals surface area contributed by atoms with Crippen molar-refractivity contribution in [3.05, 3.63) is 38.3 Å². The van der Waals surface area contributed by atoms with Crippen LogP contribution in [0, 0.1) is 27.9 Å². The van der Waals surface area contributed by atoms with Gasteiger partial charge in [-0.15, -0.1) is 0 Å². The smallest absolute Gasteiger partial charge is 0.338 e. The lowest BCUT2D eigenvalue weighted by Gasteiger charge is -2.55. The standard InChI is InChI=1S/C17H18BrNO4/c18-14-2-1-13(6-15(14)19(21)22)16(20)23-17-7-10-3-11(8-17)5-12(4-10)9-17/h1-2,6,10-12H,3-5,7-9H2. The third kappa shape index (κ3) is 2.67. The molecule has 4 bridgehead atoms. The van der Waals surface area contributed by atoms with E-state index < -0.39 is 10.9 Å². The Morgan fingerprint density at radius 3 is 2.26 bits per heavy atom. The maximum Gasteiger partial charge on any atom is 0.338 e. The summed E-state index contributed by atoms with van der Waals surface area (Å²) in [6.07, 6.45) is 6.72. The highest BCUT2D eigenvalue weighted by atomic mass is 79.9. The SMILES string of the molecule is O=C(OC12CC3CC(CC(C3)C1)C2)c1ccc(Br)c([N+](=O)[O-])c1. The number of benzene rings is 1. The Kier molecular flexibility index (Phi) is 3.48. The molecule has 4 fully saturated rings. The Bertz CT molecular complexity index is 652. The first kappa shape index (κ1) is 15.1. The number of nitro benzene ring substituents is 1. The average molecular weight is 380 g/mol. The van der Waals surface area contributed by atoms with Crippen LogP contribution in [-0.4, -0.2) is 16.5 Å². The molecule has 5 nitrogen and oxygen atoms in total. The second-order valence-corrected chi connectivity index (χ2v) is 8.27. The highest BCUT2D eigenvalue weighted by Crippen LogP contribution is 2.57. The first-order chi connectivity index (χ1) is 10.9. The van der Waals surface area contributed by atoms with Crippen molar-refractivity contribution < 1.29 is 14.5 Å². The van der Waals surface area contributed by atoms with E-state index in [2.05, 4.69) is 15.9 Å². The molecule has 0 spiro atoms. The monoisotopic (exact) mass is 379 g/mol. The molecule has 0 unspecified atom stereocenters. The molecule has 4 saturated carbocycles. The van der Waals surface area contributed by atoms with Crippen molar-refractivity contribution in [3.8, 4) is 0 Å². The topological polar surface area (TPSA) is 69.4 Å². The van der Waals surface area contributed by atoms with Gasteiger partial charge < -0.3 is 4.74 Å². The number of carbonyl (C=O) groups is 1. The van der Waals surface area contributed by atoms with Crippen LogP contribution < -0.4 is 0 Å². The minimum Gasteiger partial charge on any atom is -0.455 e. The average Bonchev–Trinajstić information content (AvgIpc) is 2.45. The van der Waals surface area contributed by atoms with Gasteiger partial charge in [0.1, 0.15) is 5.60 Å². The van der Waals surface area contributed by atoms with Crippen LogP contribution in [0.1, 0.15) is 48.9 Å². The molecule has 5 rings (SSSR count). The Morgan fingerprint density at radius 2 is 1.74 bits per heavy atom. The van der Waals surface area contributed by atoms with Gasteiger partial charge in [-0.2, -0.15) is 0 Å². The molecule has 0 N–H and O–H groups in total. The van der Waals surface area contributed by atoms with Gasteiger partial charge in [0.15, 0.2) is 0 Å². The Hall–Kier alpha value is -1.43. The van der Waals surface area contributed by atoms with Crippen molar-refractivity contribution in [1.29, 1.82) is 0 Å². The van der Waals surface area contributed by atoms with Crippen LogP contribution in [0.3, 0.4) is 0 Å². The fourth-order valence-corrected chi connectivity index (χ4v) is 5.58. The van der Waals surface area contributed by atoms with Gasteiger partial charge >= 0.3 is 5.97 Å². The third-order valence-electron chi connectivity index (χ3n) is 5.67. The first-order valence-corrected chi connectivity index (χ1v) is 8.91. The molecule has 0 aromatic heterocycles. The zero-order valence-corrected chi connectivity index (χ0v) is 14.3. The fourth-order valence-electron chi connectivity index (χ4n) is 5.19. The summed E-state index contributed by atoms with van der Waals surface area (Å²) in [5.41, 5.74) is -0.172. The van der Waals surface area contributed by atoms with E-state index in [9.17, 15) is 14.9 Å². The van der Waals surface area contributed by atoms with Gasteiger partial charge in [0.2, 0.25) is 0 Å². The number of carbonyl (C=O) groups excluding carboxylic acids is 1. The van der Waals surface area contributed by atoms with Crippen molar-refractivity contribution in [2.75, 3.05) is 0 Å². The number of rotatable bonds is 3. The molecule has 0 saturated heterocycles. The quantitative estimate of drug-likeness (QED) is 0.440. The lowest BCUT2D eigenvalue weighted by Crippen LogP contribution is -2.52. The maximum absolute atomic E-state index is 12.6. The summed E-state index contributed by atoms with van der Waals surface area (Å²) < 4.78 is 6.30. The second-order valence-electron chi connectivity index (χ2n) is 7.41. The summed E-state index contributed by atoms with van der Waals surface area (Å²) in [5.74, 6) is 1.64. The lowest BCUT2D eigenvalue weighted by molar-refractivity contribution is -0.385. The summed E-state index contributed by atoms with van der Waals surface area (Å²) in [7, 11) is 0. The normalized spacial score (nSPS) is 34.4. The van der Waals surface area contributed by atoms with Crippen molar-refractivity contribution in [2.24, 2.45) is 17.8 Å². The van der Waals surface area contributed by atoms with E-state index in [0.29, 0.717) is 22.2 Å².